The van der Waals surface area contributed by atoms with Gasteiger partial charge in [0.05, 0.1) is 12.0 Å². The number of aliphatic imine (C=N–C) groups is 1. The Kier molecular flexibility index (Phi) is 3.80. The first-order chi connectivity index (χ1) is 12.0. The van der Waals surface area contributed by atoms with E-state index in [1.54, 1.807) is 7.05 Å². The average molecular weight is 354 g/mol. The number of amides is 1. The molecule has 1 aliphatic carbocycles. The van der Waals surface area contributed by atoms with Crippen molar-refractivity contribution in [3.05, 3.63) is 58.6 Å². The highest BCUT2D eigenvalue weighted by atomic mass is 35.5. The highest BCUT2D eigenvalue weighted by Crippen LogP contribution is 2.44. The van der Waals surface area contributed by atoms with Crippen molar-refractivity contribution in [2.24, 2.45) is 10.7 Å². The summed E-state index contributed by atoms with van der Waals surface area (Å²) >= 11 is 6.15. The molecule has 25 heavy (non-hydrogen) atoms. The van der Waals surface area contributed by atoms with Gasteiger partial charge in [-0.1, -0.05) is 35.9 Å². The normalized spacial score (nSPS) is 22.7. The zero-order chi connectivity index (χ0) is 17.6. The lowest BCUT2D eigenvalue weighted by atomic mass is 9.73. The molecule has 1 aliphatic heterocycles. The average Bonchev–Trinajstić information content (AvgIpc) is 2.60. The van der Waals surface area contributed by atoms with E-state index in [0.717, 1.165) is 36.0 Å². The van der Waals surface area contributed by atoms with Gasteiger partial charge in [-0.15, -0.1) is 0 Å². The standard InChI is InChI=1S/C20H20ClN3O/c1-24-18(25)12-20(23-19(24)22)9-3-5-13-7-8-15(11-17(13)20)14-4-2-6-16(21)10-14/h2,4,6-8,10-11H,3,5,9,12H2,1H3,(H2,22,23)/t20-/m0/s1. The Labute approximate surface area is 152 Å². The molecule has 2 aromatic carbocycles. The third-order valence-corrected chi connectivity index (χ3v) is 5.53. The summed E-state index contributed by atoms with van der Waals surface area (Å²) in [5.74, 6) is 0.325. The Hall–Kier alpha value is -2.33. The number of fused-ring (bicyclic) bond motifs is 2. The minimum atomic E-state index is -0.532. The van der Waals surface area contributed by atoms with Gasteiger partial charge in [-0.3, -0.25) is 9.69 Å². The third-order valence-electron chi connectivity index (χ3n) is 5.30. The summed E-state index contributed by atoms with van der Waals surface area (Å²) in [6.45, 7) is 0. The molecule has 0 saturated heterocycles. The van der Waals surface area contributed by atoms with Crippen LogP contribution in [0.25, 0.3) is 11.1 Å². The smallest absolute Gasteiger partial charge is 0.231 e. The molecule has 2 aliphatic rings. The van der Waals surface area contributed by atoms with Crippen molar-refractivity contribution in [3.63, 3.8) is 0 Å². The van der Waals surface area contributed by atoms with Gasteiger partial charge >= 0.3 is 0 Å². The molecule has 4 rings (SSSR count). The second-order valence-electron chi connectivity index (χ2n) is 6.87. The van der Waals surface area contributed by atoms with Crippen LogP contribution in [0.1, 0.15) is 30.4 Å². The number of nitrogens with zero attached hydrogens (tertiary/aromatic N) is 2. The zero-order valence-corrected chi connectivity index (χ0v) is 14.9. The number of carbonyl (C=O) groups is 1. The highest BCUT2D eigenvalue weighted by Gasteiger charge is 2.42. The van der Waals surface area contributed by atoms with Crippen LogP contribution < -0.4 is 5.73 Å². The molecule has 1 amide bonds. The molecular weight excluding hydrogens is 334 g/mol. The van der Waals surface area contributed by atoms with Crippen molar-refractivity contribution in [2.45, 2.75) is 31.2 Å². The van der Waals surface area contributed by atoms with Crippen molar-refractivity contribution >= 4 is 23.5 Å². The number of hydrogen-bond acceptors (Lipinski definition) is 3. The molecule has 0 unspecified atom stereocenters. The quantitative estimate of drug-likeness (QED) is 0.849. The molecule has 128 valence electrons. The van der Waals surface area contributed by atoms with E-state index in [-0.39, 0.29) is 5.91 Å². The SMILES string of the molecule is CN1C(=O)C[C@]2(CCCc3ccc(-c4cccc(Cl)c4)cc32)N=C1N. The molecule has 0 radical (unpaired) electrons. The number of halogens is 1. The predicted molar refractivity (Wildman–Crippen MR) is 101 cm³/mol. The van der Waals surface area contributed by atoms with E-state index >= 15 is 0 Å². The second-order valence-corrected chi connectivity index (χ2v) is 7.30. The summed E-state index contributed by atoms with van der Waals surface area (Å²) in [7, 11) is 1.68. The van der Waals surface area contributed by atoms with Crippen LogP contribution in [0.2, 0.25) is 5.02 Å². The number of benzene rings is 2. The fraction of sp³-hybridized carbons (Fsp3) is 0.300. The summed E-state index contributed by atoms with van der Waals surface area (Å²) in [5.41, 5.74) is 10.0. The lowest BCUT2D eigenvalue weighted by Crippen LogP contribution is -2.49. The molecule has 0 bridgehead atoms. The Morgan fingerprint density at radius 2 is 2.00 bits per heavy atom. The van der Waals surface area contributed by atoms with Crippen LogP contribution in [0, 0.1) is 0 Å². The van der Waals surface area contributed by atoms with Crippen LogP contribution in [-0.4, -0.2) is 23.8 Å². The summed E-state index contributed by atoms with van der Waals surface area (Å²) in [6, 6.07) is 14.2. The van der Waals surface area contributed by atoms with Gasteiger partial charge in [0.2, 0.25) is 5.91 Å². The molecular formula is C20H20ClN3O. The molecule has 0 fully saturated rings. The lowest BCUT2D eigenvalue weighted by molar-refractivity contribution is -0.128. The van der Waals surface area contributed by atoms with Gasteiger partial charge in [-0.05, 0) is 59.7 Å². The minimum absolute atomic E-state index is 0.0218. The number of hydrogen-bond donors (Lipinski definition) is 1. The van der Waals surface area contributed by atoms with Gasteiger partial charge in [-0.2, -0.15) is 0 Å². The monoisotopic (exact) mass is 353 g/mol. The third kappa shape index (κ3) is 2.71. The summed E-state index contributed by atoms with van der Waals surface area (Å²) < 4.78 is 0. The summed E-state index contributed by atoms with van der Waals surface area (Å²) in [4.78, 5) is 18.7. The molecule has 2 aromatic rings. The molecule has 1 heterocycles. The van der Waals surface area contributed by atoms with Crippen molar-refractivity contribution in [1.29, 1.82) is 0 Å². The van der Waals surface area contributed by atoms with Crippen LogP contribution in [0.5, 0.6) is 0 Å². The molecule has 5 heteroatoms. The first-order valence-corrected chi connectivity index (χ1v) is 8.88. The Morgan fingerprint density at radius 3 is 2.76 bits per heavy atom. The van der Waals surface area contributed by atoms with E-state index in [0.29, 0.717) is 17.4 Å². The van der Waals surface area contributed by atoms with E-state index < -0.39 is 5.54 Å². The Bertz CT molecular complexity index is 892. The van der Waals surface area contributed by atoms with E-state index in [1.165, 1.54) is 10.5 Å². The van der Waals surface area contributed by atoms with E-state index in [4.69, 9.17) is 22.3 Å². The molecule has 0 saturated carbocycles. The number of nitrogens with two attached hydrogens (primary N) is 1. The molecule has 1 atom stereocenters. The number of carbonyl (C=O) groups excluding carboxylic acids is 1. The number of rotatable bonds is 1. The van der Waals surface area contributed by atoms with Gasteiger partial charge in [-0.25, -0.2) is 4.99 Å². The van der Waals surface area contributed by atoms with Gasteiger partial charge in [0.25, 0.3) is 0 Å². The number of guanidine groups is 1. The fourth-order valence-corrected chi connectivity index (χ4v) is 4.10. The van der Waals surface area contributed by atoms with E-state index in [1.807, 2.05) is 24.3 Å². The van der Waals surface area contributed by atoms with Crippen molar-refractivity contribution in [2.75, 3.05) is 7.05 Å². The van der Waals surface area contributed by atoms with Crippen LogP contribution in [0.4, 0.5) is 0 Å². The number of aryl methyl sites for hydroxylation is 1. The van der Waals surface area contributed by atoms with E-state index in [9.17, 15) is 4.79 Å². The van der Waals surface area contributed by atoms with Crippen molar-refractivity contribution in [3.8, 4) is 11.1 Å². The Morgan fingerprint density at radius 1 is 1.20 bits per heavy atom. The van der Waals surface area contributed by atoms with Gasteiger partial charge in [0.15, 0.2) is 5.96 Å². The maximum Gasteiger partial charge on any atom is 0.231 e. The molecule has 1 spiro atoms. The van der Waals surface area contributed by atoms with Crippen molar-refractivity contribution in [1.82, 2.24) is 4.90 Å². The van der Waals surface area contributed by atoms with Crippen molar-refractivity contribution < 1.29 is 4.79 Å². The van der Waals surface area contributed by atoms with Gasteiger partial charge in [0.1, 0.15) is 0 Å². The van der Waals surface area contributed by atoms with Gasteiger partial charge in [0, 0.05) is 12.1 Å². The van der Waals surface area contributed by atoms with Crippen LogP contribution in [0.3, 0.4) is 0 Å². The maximum atomic E-state index is 12.4. The Balaban J connectivity index is 1.86. The summed E-state index contributed by atoms with van der Waals surface area (Å²) in [5, 5.41) is 0.710. The topological polar surface area (TPSA) is 58.7 Å². The van der Waals surface area contributed by atoms with Crippen LogP contribution >= 0.6 is 11.6 Å². The van der Waals surface area contributed by atoms with Crippen LogP contribution in [0.15, 0.2) is 47.5 Å². The maximum absolute atomic E-state index is 12.4. The zero-order valence-electron chi connectivity index (χ0n) is 14.1. The minimum Gasteiger partial charge on any atom is -0.369 e. The lowest BCUT2D eigenvalue weighted by Gasteiger charge is -2.40. The highest BCUT2D eigenvalue weighted by molar-refractivity contribution is 6.30. The second kappa shape index (κ2) is 5.88. The fourth-order valence-electron chi connectivity index (χ4n) is 3.91. The first-order valence-electron chi connectivity index (χ1n) is 8.50. The van der Waals surface area contributed by atoms with Gasteiger partial charge < -0.3 is 5.73 Å². The van der Waals surface area contributed by atoms with Crippen LogP contribution in [-0.2, 0) is 16.8 Å². The largest absolute Gasteiger partial charge is 0.369 e. The first kappa shape index (κ1) is 16.2. The summed E-state index contributed by atoms with van der Waals surface area (Å²) in [6.07, 6.45) is 3.24. The predicted octanol–water partition coefficient (Wildman–Crippen LogP) is 3.72. The van der Waals surface area contributed by atoms with E-state index in [2.05, 4.69) is 18.2 Å². The molecule has 2 N–H and O–H groups in total. The molecule has 4 nitrogen and oxygen atoms in total. The molecule has 0 aromatic heterocycles.